The van der Waals surface area contributed by atoms with Gasteiger partial charge in [0.25, 0.3) is 5.56 Å². The Morgan fingerprint density at radius 3 is 2.88 bits per heavy atom. The molecule has 2 aromatic rings. The lowest BCUT2D eigenvalue weighted by molar-refractivity contribution is -0.118. The lowest BCUT2D eigenvalue weighted by Crippen LogP contribution is -2.33. The van der Waals surface area contributed by atoms with Gasteiger partial charge in [0.2, 0.25) is 11.7 Å². The number of aromatic nitrogens is 2. The summed E-state index contributed by atoms with van der Waals surface area (Å²) < 4.78 is 6.00. The molecule has 0 unspecified atom stereocenters. The quantitative estimate of drug-likeness (QED) is 0.836. The molecule has 2 heterocycles. The van der Waals surface area contributed by atoms with Crippen LogP contribution in [0.25, 0.3) is 10.2 Å². The van der Waals surface area contributed by atoms with Gasteiger partial charge in [0, 0.05) is 4.88 Å². The van der Waals surface area contributed by atoms with E-state index in [4.69, 9.17) is 10.5 Å². The number of nitrogens with zero attached hydrogens (tertiary/aromatic N) is 2. The van der Waals surface area contributed by atoms with Gasteiger partial charge in [0.05, 0.1) is 12.0 Å². The van der Waals surface area contributed by atoms with Crippen LogP contribution in [0.3, 0.4) is 0 Å². The van der Waals surface area contributed by atoms with Gasteiger partial charge < -0.3 is 10.5 Å². The minimum atomic E-state index is -0.725. The Labute approximate surface area is 142 Å². The molecule has 0 fully saturated rings. The number of carbonyl (C=O) groups excluding carboxylic acids is 2. The van der Waals surface area contributed by atoms with Crippen molar-refractivity contribution in [3.8, 4) is 0 Å². The zero-order chi connectivity index (χ0) is 17.4. The summed E-state index contributed by atoms with van der Waals surface area (Å²) in [6, 6.07) is 0. The van der Waals surface area contributed by atoms with Gasteiger partial charge in [0.15, 0.2) is 0 Å². The first-order valence-electron chi connectivity index (χ1n) is 7.92. The average Bonchev–Trinajstić information content (AvgIpc) is 2.87. The minimum Gasteiger partial charge on any atom is -0.460 e. The molecule has 0 bridgehead atoms. The Morgan fingerprint density at radius 1 is 1.46 bits per heavy atom. The van der Waals surface area contributed by atoms with E-state index in [1.54, 1.807) is 6.92 Å². The molecule has 0 radical (unpaired) electrons. The molecule has 2 N–H and O–H groups in total. The molecule has 128 valence electrons. The number of esters is 1. The molecule has 1 amide bonds. The Morgan fingerprint density at radius 2 is 2.21 bits per heavy atom. The van der Waals surface area contributed by atoms with E-state index in [9.17, 15) is 14.4 Å². The van der Waals surface area contributed by atoms with Crippen molar-refractivity contribution in [3.63, 3.8) is 0 Å². The highest BCUT2D eigenvalue weighted by Crippen LogP contribution is 2.35. The fraction of sp³-hybridized carbons (Fsp3) is 0.500. The molecule has 7 nitrogen and oxygen atoms in total. The van der Waals surface area contributed by atoms with Crippen molar-refractivity contribution in [1.29, 1.82) is 0 Å². The van der Waals surface area contributed by atoms with Crippen LogP contribution in [0.1, 0.15) is 41.3 Å². The van der Waals surface area contributed by atoms with E-state index in [0.29, 0.717) is 16.1 Å². The molecule has 8 heteroatoms. The minimum absolute atomic E-state index is 0.155. The second-order valence-corrected chi connectivity index (χ2v) is 7.13. The number of primary amides is 1. The molecule has 24 heavy (non-hydrogen) atoms. The van der Waals surface area contributed by atoms with Crippen molar-refractivity contribution in [3.05, 3.63) is 26.6 Å². The second-order valence-electron chi connectivity index (χ2n) is 6.05. The number of hydrogen-bond acceptors (Lipinski definition) is 6. The number of thiophene rings is 1. The molecular weight excluding hydrogens is 330 g/mol. The van der Waals surface area contributed by atoms with Crippen LogP contribution in [0.4, 0.5) is 0 Å². The monoisotopic (exact) mass is 349 g/mol. The molecule has 1 aliphatic rings. The summed E-state index contributed by atoms with van der Waals surface area (Å²) in [7, 11) is 0. The summed E-state index contributed by atoms with van der Waals surface area (Å²) in [4.78, 5) is 42.4. The smallest absolute Gasteiger partial charge is 0.374 e. The molecule has 2 aromatic heterocycles. The number of hydrogen-bond donors (Lipinski definition) is 1. The van der Waals surface area contributed by atoms with E-state index in [1.165, 1.54) is 11.3 Å². The third-order valence-corrected chi connectivity index (χ3v) is 5.34. The molecule has 3 rings (SSSR count). The number of rotatable bonds is 4. The van der Waals surface area contributed by atoms with Gasteiger partial charge >= 0.3 is 5.97 Å². The van der Waals surface area contributed by atoms with E-state index in [-0.39, 0.29) is 12.4 Å². The number of fused-ring (bicyclic) bond motifs is 3. The van der Waals surface area contributed by atoms with E-state index in [1.807, 2.05) is 0 Å². The summed E-state index contributed by atoms with van der Waals surface area (Å²) >= 11 is 1.45. The largest absolute Gasteiger partial charge is 0.460 e. The fourth-order valence-corrected chi connectivity index (χ4v) is 4.45. The molecule has 0 aliphatic heterocycles. The average molecular weight is 349 g/mol. The van der Waals surface area contributed by atoms with Crippen LogP contribution in [0.5, 0.6) is 0 Å². The highest BCUT2D eigenvalue weighted by molar-refractivity contribution is 7.18. The highest BCUT2D eigenvalue weighted by Gasteiger charge is 2.27. The molecule has 0 saturated heterocycles. The standard InChI is InChI=1S/C16H19N3O4S/c1-3-23-16(22)13-18-14-12(15(21)19(13)7-11(17)20)9-5-4-8(2)6-10(9)24-14/h8H,3-7H2,1-2H3,(H2,17,20)/t8-/m1/s1. The first-order valence-corrected chi connectivity index (χ1v) is 8.74. The predicted molar refractivity (Wildman–Crippen MR) is 90.2 cm³/mol. The highest BCUT2D eigenvalue weighted by atomic mass is 32.1. The van der Waals surface area contributed by atoms with Gasteiger partial charge in [-0.2, -0.15) is 0 Å². The second kappa shape index (κ2) is 6.35. The normalized spacial score (nSPS) is 16.8. The topological polar surface area (TPSA) is 104 Å². The van der Waals surface area contributed by atoms with Crippen LogP contribution < -0.4 is 11.3 Å². The zero-order valence-electron chi connectivity index (χ0n) is 13.6. The Balaban J connectivity index is 2.25. The van der Waals surface area contributed by atoms with Crippen LogP contribution in [0.2, 0.25) is 0 Å². The molecule has 1 aliphatic carbocycles. The summed E-state index contributed by atoms with van der Waals surface area (Å²) in [5.74, 6) is -1.04. The number of carbonyl (C=O) groups is 2. The zero-order valence-corrected chi connectivity index (χ0v) is 14.4. The first-order chi connectivity index (χ1) is 11.4. The summed E-state index contributed by atoms with van der Waals surface area (Å²) in [6.07, 6.45) is 2.72. The van der Waals surface area contributed by atoms with Crippen molar-refractivity contribution in [2.24, 2.45) is 11.7 Å². The van der Waals surface area contributed by atoms with Gasteiger partial charge in [0.1, 0.15) is 11.4 Å². The van der Waals surface area contributed by atoms with Gasteiger partial charge in [-0.1, -0.05) is 6.92 Å². The SMILES string of the molecule is CCOC(=O)c1nc2sc3c(c2c(=O)n1CC(N)=O)CC[C@@H](C)C3. The van der Waals surface area contributed by atoms with Crippen molar-refractivity contribution < 1.29 is 14.3 Å². The maximum absolute atomic E-state index is 12.9. The number of aryl methyl sites for hydroxylation is 1. The van der Waals surface area contributed by atoms with E-state index < -0.39 is 24.0 Å². The van der Waals surface area contributed by atoms with Crippen LogP contribution in [0.15, 0.2) is 4.79 Å². The lowest BCUT2D eigenvalue weighted by atomic mass is 9.89. The van der Waals surface area contributed by atoms with Crippen LogP contribution >= 0.6 is 11.3 Å². The van der Waals surface area contributed by atoms with Crippen LogP contribution in [-0.4, -0.2) is 28.0 Å². The van der Waals surface area contributed by atoms with Gasteiger partial charge in [-0.15, -0.1) is 11.3 Å². The van der Waals surface area contributed by atoms with E-state index in [2.05, 4.69) is 11.9 Å². The van der Waals surface area contributed by atoms with Crippen molar-refractivity contribution >= 4 is 33.4 Å². The van der Waals surface area contributed by atoms with Crippen molar-refractivity contribution in [2.75, 3.05) is 6.61 Å². The van der Waals surface area contributed by atoms with Gasteiger partial charge in [-0.3, -0.25) is 14.2 Å². The number of nitrogens with two attached hydrogens (primary N) is 1. The molecule has 0 spiro atoms. The number of amides is 1. The molecule has 0 aromatic carbocycles. The van der Waals surface area contributed by atoms with Crippen molar-refractivity contribution in [2.45, 2.75) is 39.7 Å². The fourth-order valence-electron chi connectivity index (χ4n) is 3.08. The maximum atomic E-state index is 12.9. The summed E-state index contributed by atoms with van der Waals surface area (Å²) in [6.45, 7) is 3.60. The van der Waals surface area contributed by atoms with Crippen LogP contribution in [0, 0.1) is 5.92 Å². The Bertz CT molecular complexity index is 884. The Hall–Kier alpha value is -2.22. The van der Waals surface area contributed by atoms with Gasteiger partial charge in [-0.05, 0) is 37.7 Å². The number of ether oxygens (including phenoxy) is 1. The lowest BCUT2D eigenvalue weighted by Gasteiger charge is -2.17. The predicted octanol–water partition coefficient (Wildman–Crippen LogP) is 1.24. The first kappa shape index (κ1) is 16.6. The molecular formula is C16H19N3O4S. The molecule has 1 atom stereocenters. The Kier molecular flexibility index (Phi) is 4.40. The molecule has 0 saturated carbocycles. The summed E-state index contributed by atoms with van der Waals surface area (Å²) in [5.41, 5.74) is 5.84. The maximum Gasteiger partial charge on any atom is 0.374 e. The third-order valence-electron chi connectivity index (χ3n) is 4.19. The third kappa shape index (κ3) is 2.82. The summed E-state index contributed by atoms with van der Waals surface area (Å²) in [5, 5.41) is 0.510. The van der Waals surface area contributed by atoms with E-state index in [0.717, 1.165) is 34.3 Å². The van der Waals surface area contributed by atoms with E-state index >= 15 is 0 Å². The van der Waals surface area contributed by atoms with Gasteiger partial charge in [-0.25, -0.2) is 9.78 Å². The van der Waals surface area contributed by atoms with Crippen LogP contribution in [-0.2, 0) is 28.9 Å². The van der Waals surface area contributed by atoms with Crippen molar-refractivity contribution in [1.82, 2.24) is 9.55 Å².